The van der Waals surface area contributed by atoms with Crippen LogP contribution in [0, 0.1) is 5.92 Å². The van der Waals surface area contributed by atoms with Crippen LogP contribution >= 0.6 is 0 Å². The molecule has 1 amide bonds. The van der Waals surface area contributed by atoms with Crippen molar-refractivity contribution in [1.29, 1.82) is 0 Å². The van der Waals surface area contributed by atoms with E-state index in [4.69, 9.17) is 4.74 Å². The number of amides is 1. The summed E-state index contributed by atoms with van der Waals surface area (Å²) in [5.41, 5.74) is -0.369. The van der Waals surface area contributed by atoms with Crippen LogP contribution in [0.4, 0.5) is 0 Å². The highest BCUT2D eigenvalue weighted by molar-refractivity contribution is 5.84. The van der Waals surface area contributed by atoms with E-state index in [1.807, 2.05) is 18.7 Å². The molecule has 0 aromatic rings. The first-order valence-electron chi connectivity index (χ1n) is 4.48. The van der Waals surface area contributed by atoms with Crippen LogP contribution in [0.5, 0.6) is 0 Å². The smallest absolute Gasteiger partial charge is 0.227 e. The largest absolute Gasteiger partial charge is 0.356 e. The third-order valence-electron chi connectivity index (χ3n) is 2.92. The van der Waals surface area contributed by atoms with Crippen molar-refractivity contribution < 1.29 is 9.53 Å². The van der Waals surface area contributed by atoms with Gasteiger partial charge in [-0.1, -0.05) is 6.92 Å². The zero-order chi connectivity index (χ0) is 8.93. The topological polar surface area (TPSA) is 29.5 Å². The van der Waals surface area contributed by atoms with Crippen LogP contribution in [0.25, 0.3) is 0 Å². The van der Waals surface area contributed by atoms with Crippen molar-refractivity contribution in [2.45, 2.75) is 39.0 Å². The molecule has 0 spiro atoms. The van der Waals surface area contributed by atoms with E-state index in [0.717, 1.165) is 6.61 Å². The Morgan fingerprint density at radius 1 is 1.58 bits per heavy atom. The van der Waals surface area contributed by atoms with E-state index in [9.17, 15) is 4.79 Å². The molecular weight excluding hydrogens is 154 g/mol. The minimum absolute atomic E-state index is 0.233. The summed E-state index contributed by atoms with van der Waals surface area (Å²) < 4.78 is 5.59. The zero-order valence-corrected chi connectivity index (χ0v) is 7.83. The molecule has 0 aliphatic carbocycles. The van der Waals surface area contributed by atoms with E-state index in [1.54, 1.807) is 0 Å². The second-order valence-corrected chi connectivity index (χ2v) is 4.27. The average molecular weight is 169 g/mol. The molecule has 2 fully saturated rings. The maximum atomic E-state index is 11.3. The van der Waals surface area contributed by atoms with Gasteiger partial charge in [0.2, 0.25) is 5.91 Å². The van der Waals surface area contributed by atoms with Gasteiger partial charge in [-0.3, -0.25) is 4.79 Å². The number of rotatable bonds is 0. The van der Waals surface area contributed by atoms with E-state index in [0.29, 0.717) is 18.4 Å². The van der Waals surface area contributed by atoms with Crippen LogP contribution in [-0.2, 0) is 9.53 Å². The predicted molar refractivity (Wildman–Crippen MR) is 44.4 cm³/mol. The molecule has 2 heterocycles. The molecule has 0 radical (unpaired) electrons. The SMILES string of the molecule is C[C@@H]1COC(C)(C)N2C(=O)C[C@@H]12. The molecule has 2 saturated heterocycles. The Balaban J connectivity index is 2.20. The molecule has 2 atom stereocenters. The van der Waals surface area contributed by atoms with E-state index in [-0.39, 0.29) is 11.6 Å². The van der Waals surface area contributed by atoms with Gasteiger partial charge in [0.1, 0.15) is 5.72 Å². The normalized spacial score (nSPS) is 38.9. The van der Waals surface area contributed by atoms with E-state index < -0.39 is 0 Å². The van der Waals surface area contributed by atoms with Crippen LogP contribution in [0.3, 0.4) is 0 Å². The standard InChI is InChI=1S/C9H15NO2/c1-6-5-12-9(2,3)10-7(6)4-8(10)11/h6-7H,4-5H2,1-3H3/t6-,7+/m1/s1. The minimum Gasteiger partial charge on any atom is -0.356 e. The second-order valence-electron chi connectivity index (χ2n) is 4.27. The fourth-order valence-corrected chi connectivity index (χ4v) is 2.11. The third kappa shape index (κ3) is 0.891. The van der Waals surface area contributed by atoms with Crippen molar-refractivity contribution >= 4 is 5.91 Å². The summed E-state index contributed by atoms with van der Waals surface area (Å²) in [4.78, 5) is 13.1. The molecule has 68 valence electrons. The lowest BCUT2D eigenvalue weighted by Gasteiger charge is -2.56. The summed E-state index contributed by atoms with van der Waals surface area (Å²) in [6.07, 6.45) is 0.716. The van der Waals surface area contributed by atoms with Gasteiger partial charge < -0.3 is 9.64 Å². The number of hydrogen-bond donors (Lipinski definition) is 0. The number of carbonyl (C=O) groups is 1. The van der Waals surface area contributed by atoms with Gasteiger partial charge in [-0.05, 0) is 13.8 Å². The van der Waals surface area contributed by atoms with E-state index >= 15 is 0 Å². The molecular formula is C9H15NO2. The predicted octanol–water partition coefficient (Wildman–Crippen LogP) is 0.990. The van der Waals surface area contributed by atoms with E-state index in [2.05, 4.69) is 6.92 Å². The first-order chi connectivity index (χ1) is 5.52. The summed E-state index contributed by atoms with van der Waals surface area (Å²) in [5.74, 6) is 0.729. The maximum Gasteiger partial charge on any atom is 0.227 e. The molecule has 2 aliphatic rings. The molecule has 12 heavy (non-hydrogen) atoms. The van der Waals surface area contributed by atoms with Crippen molar-refractivity contribution in [2.24, 2.45) is 5.92 Å². The molecule has 0 aromatic carbocycles. The number of hydrogen-bond acceptors (Lipinski definition) is 2. The quantitative estimate of drug-likeness (QED) is 0.506. The van der Waals surface area contributed by atoms with Crippen molar-refractivity contribution in [3.05, 3.63) is 0 Å². The van der Waals surface area contributed by atoms with Crippen LogP contribution in [0.2, 0.25) is 0 Å². The van der Waals surface area contributed by atoms with Crippen LogP contribution in [-0.4, -0.2) is 29.2 Å². The fraction of sp³-hybridized carbons (Fsp3) is 0.889. The van der Waals surface area contributed by atoms with Gasteiger partial charge in [0.05, 0.1) is 6.61 Å². The van der Waals surface area contributed by atoms with Gasteiger partial charge in [0.15, 0.2) is 0 Å². The first-order valence-corrected chi connectivity index (χ1v) is 4.48. The Kier molecular flexibility index (Phi) is 1.49. The number of nitrogens with zero attached hydrogens (tertiary/aromatic N) is 1. The highest BCUT2D eigenvalue weighted by atomic mass is 16.5. The Bertz CT molecular complexity index is 225. The van der Waals surface area contributed by atoms with Gasteiger partial charge in [-0.15, -0.1) is 0 Å². The second kappa shape index (κ2) is 2.22. The molecule has 0 N–H and O–H groups in total. The third-order valence-corrected chi connectivity index (χ3v) is 2.92. The maximum absolute atomic E-state index is 11.3. The molecule has 2 rings (SSSR count). The number of β-lactam (4-membered cyclic amide) rings is 1. The van der Waals surface area contributed by atoms with Gasteiger partial charge in [-0.25, -0.2) is 0 Å². The van der Waals surface area contributed by atoms with Crippen LogP contribution in [0.1, 0.15) is 27.2 Å². The first kappa shape index (κ1) is 8.05. The fourth-order valence-electron chi connectivity index (χ4n) is 2.11. The van der Waals surface area contributed by atoms with Gasteiger partial charge in [0.25, 0.3) is 0 Å². The van der Waals surface area contributed by atoms with E-state index in [1.165, 1.54) is 0 Å². The monoisotopic (exact) mass is 169 g/mol. The lowest BCUT2D eigenvalue weighted by molar-refractivity contribution is -0.232. The highest BCUT2D eigenvalue weighted by Gasteiger charge is 2.51. The van der Waals surface area contributed by atoms with Gasteiger partial charge >= 0.3 is 0 Å². The number of ether oxygens (including phenoxy) is 1. The van der Waals surface area contributed by atoms with Crippen LogP contribution < -0.4 is 0 Å². The number of fused-ring (bicyclic) bond motifs is 1. The molecule has 3 heteroatoms. The molecule has 0 saturated carbocycles. The van der Waals surface area contributed by atoms with Gasteiger partial charge in [-0.2, -0.15) is 0 Å². The number of carbonyl (C=O) groups excluding carboxylic acids is 1. The lowest BCUT2D eigenvalue weighted by atomic mass is 9.86. The van der Waals surface area contributed by atoms with Gasteiger partial charge in [0, 0.05) is 18.4 Å². The van der Waals surface area contributed by atoms with Crippen molar-refractivity contribution in [3.63, 3.8) is 0 Å². The Hall–Kier alpha value is -0.570. The summed E-state index contributed by atoms with van der Waals surface area (Å²) in [6, 6.07) is 0.432. The molecule has 2 aliphatic heterocycles. The molecule has 0 aromatic heterocycles. The summed E-state index contributed by atoms with van der Waals surface area (Å²) in [6.45, 7) is 6.84. The molecule has 0 unspecified atom stereocenters. The lowest BCUT2D eigenvalue weighted by Crippen LogP contribution is -2.68. The van der Waals surface area contributed by atoms with Crippen molar-refractivity contribution in [2.75, 3.05) is 6.61 Å². The van der Waals surface area contributed by atoms with Crippen LogP contribution in [0.15, 0.2) is 0 Å². The van der Waals surface area contributed by atoms with Crippen molar-refractivity contribution in [3.8, 4) is 0 Å². The minimum atomic E-state index is -0.369. The van der Waals surface area contributed by atoms with Crippen molar-refractivity contribution in [1.82, 2.24) is 4.90 Å². The highest BCUT2D eigenvalue weighted by Crippen LogP contribution is 2.38. The zero-order valence-electron chi connectivity index (χ0n) is 7.83. The Labute approximate surface area is 72.7 Å². The summed E-state index contributed by atoms with van der Waals surface area (Å²) in [5, 5.41) is 0. The summed E-state index contributed by atoms with van der Waals surface area (Å²) in [7, 11) is 0. The summed E-state index contributed by atoms with van der Waals surface area (Å²) >= 11 is 0. The molecule has 0 bridgehead atoms. The Morgan fingerprint density at radius 2 is 2.25 bits per heavy atom. The average Bonchev–Trinajstić information content (AvgIpc) is 1.92. The Morgan fingerprint density at radius 3 is 2.75 bits per heavy atom. The molecule has 3 nitrogen and oxygen atoms in total.